The normalized spacial score (nSPS) is 23.5. The Morgan fingerprint density at radius 2 is 2.55 bits per heavy atom. The molecular weight excluding hydrogens is 142 g/mol. The fraction of sp³-hybridized carbons (Fsp3) is 0.875. The number of ether oxygens (including phenoxy) is 1. The summed E-state index contributed by atoms with van der Waals surface area (Å²) in [6.45, 7) is 4.47. The largest absolute Gasteiger partial charge is 0.465 e. The van der Waals surface area contributed by atoms with Crippen LogP contribution in [0.2, 0.25) is 0 Å². The summed E-state index contributed by atoms with van der Waals surface area (Å²) in [6, 6.07) is 0. The molecule has 64 valence electrons. The average Bonchev–Trinajstić information content (AvgIpc) is 2.52. The Morgan fingerprint density at radius 3 is 3.09 bits per heavy atom. The SMILES string of the molecule is CCC(=O)OC[C@@H]1CCNC1. The summed E-state index contributed by atoms with van der Waals surface area (Å²) in [5, 5.41) is 3.22. The summed E-state index contributed by atoms with van der Waals surface area (Å²) in [7, 11) is 0. The number of hydrogen-bond donors (Lipinski definition) is 1. The van der Waals surface area contributed by atoms with E-state index in [1.165, 1.54) is 0 Å². The fourth-order valence-corrected chi connectivity index (χ4v) is 1.17. The molecule has 1 aliphatic rings. The number of esters is 1. The van der Waals surface area contributed by atoms with Gasteiger partial charge in [-0.25, -0.2) is 0 Å². The van der Waals surface area contributed by atoms with Crippen LogP contribution in [-0.4, -0.2) is 25.7 Å². The van der Waals surface area contributed by atoms with Gasteiger partial charge >= 0.3 is 5.97 Å². The van der Waals surface area contributed by atoms with Gasteiger partial charge in [0.05, 0.1) is 6.61 Å². The van der Waals surface area contributed by atoms with Crippen LogP contribution in [-0.2, 0) is 9.53 Å². The molecule has 1 N–H and O–H groups in total. The highest BCUT2D eigenvalue weighted by molar-refractivity contribution is 5.68. The zero-order valence-corrected chi connectivity index (χ0v) is 6.93. The highest BCUT2D eigenvalue weighted by atomic mass is 16.5. The maximum absolute atomic E-state index is 10.7. The van der Waals surface area contributed by atoms with Crippen molar-refractivity contribution in [3.8, 4) is 0 Å². The van der Waals surface area contributed by atoms with Crippen molar-refractivity contribution in [3.63, 3.8) is 0 Å². The van der Waals surface area contributed by atoms with Gasteiger partial charge in [0.15, 0.2) is 0 Å². The lowest BCUT2D eigenvalue weighted by molar-refractivity contribution is -0.144. The van der Waals surface area contributed by atoms with Crippen molar-refractivity contribution in [1.29, 1.82) is 0 Å². The van der Waals surface area contributed by atoms with E-state index in [0.717, 1.165) is 19.5 Å². The Kier molecular flexibility index (Phi) is 3.36. The number of hydrogen-bond acceptors (Lipinski definition) is 3. The van der Waals surface area contributed by atoms with Gasteiger partial charge in [-0.3, -0.25) is 4.79 Å². The van der Waals surface area contributed by atoms with E-state index in [2.05, 4.69) is 5.32 Å². The van der Waals surface area contributed by atoms with E-state index in [9.17, 15) is 4.79 Å². The zero-order valence-electron chi connectivity index (χ0n) is 6.93. The average molecular weight is 157 g/mol. The standard InChI is InChI=1S/C8H15NO2/c1-2-8(10)11-6-7-3-4-9-5-7/h7,9H,2-6H2,1H3/t7-/m1/s1. The van der Waals surface area contributed by atoms with E-state index in [-0.39, 0.29) is 5.97 Å². The van der Waals surface area contributed by atoms with E-state index in [1.807, 2.05) is 6.92 Å². The maximum Gasteiger partial charge on any atom is 0.305 e. The second-order valence-corrected chi connectivity index (χ2v) is 2.90. The molecule has 0 spiro atoms. The lowest BCUT2D eigenvalue weighted by Crippen LogP contribution is -2.16. The van der Waals surface area contributed by atoms with Crippen LogP contribution in [0.5, 0.6) is 0 Å². The molecule has 1 heterocycles. The van der Waals surface area contributed by atoms with Crippen molar-refractivity contribution < 1.29 is 9.53 Å². The molecule has 0 aromatic heterocycles. The molecule has 1 rings (SSSR count). The van der Waals surface area contributed by atoms with Crippen molar-refractivity contribution in [2.75, 3.05) is 19.7 Å². The molecule has 0 amide bonds. The van der Waals surface area contributed by atoms with E-state index < -0.39 is 0 Å². The van der Waals surface area contributed by atoms with Gasteiger partial charge in [-0.2, -0.15) is 0 Å². The third kappa shape index (κ3) is 2.89. The van der Waals surface area contributed by atoms with Crippen molar-refractivity contribution in [2.24, 2.45) is 5.92 Å². The summed E-state index contributed by atoms with van der Waals surface area (Å²) in [5.41, 5.74) is 0. The quantitative estimate of drug-likeness (QED) is 0.608. The Balaban J connectivity index is 2.06. The minimum atomic E-state index is -0.0862. The number of carbonyl (C=O) groups excluding carboxylic acids is 1. The van der Waals surface area contributed by atoms with Crippen LogP contribution in [0.4, 0.5) is 0 Å². The van der Waals surface area contributed by atoms with Crippen molar-refractivity contribution in [1.82, 2.24) is 5.32 Å². The van der Waals surface area contributed by atoms with Crippen LogP contribution >= 0.6 is 0 Å². The van der Waals surface area contributed by atoms with Crippen LogP contribution in [0.1, 0.15) is 19.8 Å². The molecule has 11 heavy (non-hydrogen) atoms. The first-order valence-electron chi connectivity index (χ1n) is 4.19. The summed E-state index contributed by atoms with van der Waals surface area (Å²) in [6.07, 6.45) is 1.62. The molecular formula is C8H15NO2. The number of nitrogens with one attached hydrogen (secondary N) is 1. The third-order valence-corrected chi connectivity index (χ3v) is 1.93. The molecule has 0 aliphatic carbocycles. The van der Waals surface area contributed by atoms with Gasteiger partial charge in [0.1, 0.15) is 0 Å². The fourth-order valence-electron chi connectivity index (χ4n) is 1.17. The minimum Gasteiger partial charge on any atom is -0.465 e. The molecule has 0 aromatic carbocycles. The second-order valence-electron chi connectivity index (χ2n) is 2.90. The first-order chi connectivity index (χ1) is 5.33. The van der Waals surface area contributed by atoms with Gasteiger partial charge in [0.25, 0.3) is 0 Å². The molecule has 0 bridgehead atoms. The van der Waals surface area contributed by atoms with Crippen LogP contribution in [0, 0.1) is 5.92 Å². The van der Waals surface area contributed by atoms with Gasteiger partial charge < -0.3 is 10.1 Å². The molecule has 0 aromatic rings. The first-order valence-corrected chi connectivity index (χ1v) is 4.19. The van der Waals surface area contributed by atoms with Crippen molar-refractivity contribution >= 4 is 5.97 Å². The molecule has 1 saturated heterocycles. The Labute approximate surface area is 67.1 Å². The molecule has 0 radical (unpaired) electrons. The van der Waals surface area contributed by atoms with Gasteiger partial charge in [-0.1, -0.05) is 6.92 Å². The molecule has 1 atom stereocenters. The van der Waals surface area contributed by atoms with Crippen molar-refractivity contribution in [3.05, 3.63) is 0 Å². The highest BCUT2D eigenvalue weighted by Gasteiger charge is 2.15. The molecule has 0 unspecified atom stereocenters. The van der Waals surface area contributed by atoms with Crippen LogP contribution in [0.25, 0.3) is 0 Å². The zero-order chi connectivity index (χ0) is 8.10. The van der Waals surface area contributed by atoms with Gasteiger partial charge in [0, 0.05) is 18.9 Å². The van der Waals surface area contributed by atoms with Gasteiger partial charge in [-0.15, -0.1) is 0 Å². The maximum atomic E-state index is 10.7. The van der Waals surface area contributed by atoms with Gasteiger partial charge in [-0.05, 0) is 13.0 Å². The third-order valence-electron chi connectivity index (χ3n) is 1.93. The molecule has 3 nitrogen and oxygen atoms in total. The molecule has 0 saturated carbocycles. The highest BCUT2D eigenvalue weighted by Crippen LogP contribution is 2.07. The summed E-state index contributed by atoms with van der Waals surface area (Å²) >= 11 is 0. The van der Waals surface area contributed by atoms with E-state index in [1.54, 1.807) is 0 Å². The monoisotopic (exact) mass is 157 g/mol. The van der Waals surface area contributed by atoms with Crippen LogP contribution in [0.15, 0.2) is 0 Å². The van der Waals surface area contributed by atoms with E-state index in [0.29, 0.717) is 18.9 Å². The Bertz CT molecular complexity index is 130. The molecule has 1 aliphatic heterocycles. The van der Waals surface area contributed by atoms with Crippen LogP contribution < -0.4 is 5.32 Å². The van der Waals surface area contributed by atoms with E-state index in [4.69, 9.17) is 4.74 Å². The smallest absolute Gasteiger partial charge is 0.305 e. The second kappa shape index (κ2) is 4.34. The van der Waals surface area contributed by atoms with Crippen LogP contribution in [0.3, 0.4) is 0 Å². The topological polar surface area (TPSA) is 38.3 Å². The lowest BCUT2D eigenvalue weighted by Gasteiger charge is -2.07. The number of carbonyl (C=O) groups is 1. The number of rotatable bonds is 3. The predicted octanol–water partition coefficient (Wildman–Crippen LogP) is 0.549. The first kappa shape index (κ1) is 8.53. The minimum absolute atomic E-state index is 0.0862. The Morgan fingerprint density at radius 1 is 1.73 bits per heavy atom. The predicted molar refractivity (Wildman–Crippen MR) is 42.2 cm³/mol. The molecule has 3 heteroatoms. The van der Waals surface area contributed by atoms with Gasteiger partial charge in [0.2, 0.25) is 0 Å². The van der Waals surface area contributed by atoms with Crippen molar-refractivity contribution in [2.45, 2.75) is 19.8 Å². The van der Waals surface area contributed by atoms with E-state index >= 15 is 0 Å². The lowest BCUT2D eigenvalue weighted by atomic mass is 10.1. The molecule has 1 fully saturated rings. The summed E-state index contributed by atoms with van der Waals surface area (Å²) in [4.78, 5) is 10.7. The summed E-state index contributed by atoms with van der Waals surface area (Å²) in [5.74, 6) is 0.461. The summed E-state index contributed by atoms with van der Waals surface area (Å²) < 4.78 is 5.00. The Hall–Kier alpha value is -0.570.